The van der Waals surface area contributed by atoms with Crippen LogP contribution in [0.25, 0.3) is 10.8 Å². The fourth-order valence-electron chi connectivity index (χ4n) is 8.48. The van der Waals surface area contributed by atoms with Crippen molar-refractivity contribution in [2.75, 3.05) is 18.0 Å². The summed E-state index contributed by atoms with van der Waals surface area (Å²) in [5.41, 5.74) is 4.40. The Kier molecular flexibility index (Phi) is 5.85. The van der Waals surface area contributed by atoms with E-state index in [4.69, 9.17) is 5.10 Å². The first-order chi connectivity index (χ1) is 20.0. The first-order valence-electron chi connectivity index (χ1n) is 15.5. The van der Waals surface area contributed by atoms with Gasteiger partial charge in [-0.3, -0.25) is 29.3 Å². The number of piperidine rings is 2. The molecule has 1 N–H and O–H groups in total. The number of aromatic nitrogens is 2. The Hall–Kier alpha value is -3.52. The summed E-state index contributed by atoms with van der Waals surface area (Å²) < 4.78 is 2.18. The van der Waals surface area contributed by atoms with Crippen molar-refractivity contribution in [2.24, 2.45) is 5.41 Å². The molecular weight excluding hydrogens is 514 g/mol. The number of imide groups is 1. The molecule has 5 aliphatic rings. The number of amides is 3. The number of anilines is 1. The summed E-state index contributed by atoms with van der Waals surface area (Å²) in [6, 6.07) is 10.4. The number of hydrogen-bond donors (Lipinski definition) is 1. The van der Waals surface area contributed by atoms with Crippen LogP contribution in [-0.2, 0) is 16.0 Å². The fraction of sp³-hybridized carbons (Fsp3) is 0.515. The fourth-order valence-corrected chi connectivity index (χ4v) is 8.48. The van der Waals surface area contributed by atoms with E-state index in [1.807, 2.05) is 24.4 Å². The van der Waals surface area contributed by atoms with Crippen molar-refractivity contribution >= 4 is 34.2 Å². The SMILES string of the molecule is O=C1CCC(N2C(=O)c3cccc4c(Cc5cnn(C6CCN([C@H]7CCC8(CCC8)C7)CC6)c5)ccc2c34)C(=O)N1. The molecule has 2 atom stereocenters. The number of nitrogens with zero attached hydrogens (tertiary/aromatic N) is 4. The summed E-state index contributed by atoms with van der Waals surface area (Å²) in [4.78, 5) is 42.1. The number of carbonyl (C=O) groups is 3. The highest BCUT2D eigenvalue weighted by Crippen LogP contribution is 2.54. The number of carbonyl (C=O) groups excluding carboxylic acids is 3. The molecule has 2 aliphatic carbocycles. The maximum absolute atomic E-state index is 13.5. The van der Waals surface area contributed by atoms with Crippen LogP contribution in [0.4, 0.5) is 5.69 Å². The highest BCUT2D eigenvalue weighted by atomic mass is 16.2. The molecule has 41 heavy (non-hydrogen) atoms. The molecule has 8 rings (SSSR count). The Morgan fingerprint density at radius 1 is 0.951 bits per heavy atom. The number of likely N-dealkylation sites (tertiary alicyclic amines) is 1. The quantitative estimate of drug-likeness (QED) is 0.463. The summed E-state index contributed by atoms with van der Waals surface area (Å²) >= 11 is 0. The lowest BCUT2D eigenvalue weighted by atomic mass is 9.67. The van der Waals surface area contributed by atoms with Crippen LogP contribution in [0, 0.1) is 5.41 Å². The van der Waals surface area contributed by atoms with Crippen LogP contribution in [0.1, 0.15) is 91.7 Å². The van der Waals surface area contributed by atoms with Crippen molar-refractivity contribution in [1.82, 2.24) is 20.0 Å². The third-order valence-corrected chi connectivity index (χ3v) is 10.9. The minimum absolute atomic E-state index is 0.170. The molecule has 4 fully saturated rings. The number of rotatable bonds is 5. The van der Waals surface area contributed by atoms with Crippen molar-refractivity contribution in [2.45, 2.75) is 88.8 Å². The summed E-state index contributed by atoms with van der Waals surface area (Å²) in [6.07, 6.45) is 16.5. The van der Waals surface area contributed by atoms with Gasteiger partial charge in [-0.1, -0.05) is 24.6 Å². The average molecular weight is 552 g/mol. The van der Waals surface area contributed by atoms with E-state index in [2.05, 4.69) is 33.2 Å². The molecule has 212 valence electrons. The Morgan fingerprint density at radius 3 is 2.56 bits per heavy atom. The molecule has 2 saturated heterocycles. The largest absolute Gasteiger partial charge is 0.300 e. The molecule has 3 aromatic rings. The van der Waals surface area contributed by atoms with Gasteiger partial charge in [0.2, 0.25) is 11.8 Å². The summed E-state index contributed by atoms with van der Waals surface area (Å²) in [6.45, 7) is 2.35. The Bertz CT molecular complexity index is 1560. The van der Waals surface area contributed by atoms with Crippen LogP contribution in [0.3, 0.4) is 0 Å². The molecule has 8 nitrogen and oxygen atoms in total. The Labute approximate surface area is 240 Å². The van der Waals surface area contributed by atoms with E-state index >= 15 is 0 Å². The second-order valence-corrected chi connectivity index (χ2v) is 13.1. The maximum Gasteiger partial charge on any atom is 0.259 e. The molecule has 1 unspecified atom stereocenters. The van der Waals surface area contributed by atoms with E-state index in [0.717, 1.165) is 47.3 Å². The average Bonchev–Trinajstić information content (AvgIpc) is 3.69. The smallest absolute Gasteiger partial charge is 0.259 e. The van der Waals surface area contributed by atoms with Crippen molar-refractivity contribution in [3.8, 4) is 0 Å². The minimum atomic E-state index is -0.667. The summed E-state index contributed by atoms with van der Waals surface area (Å²) in [7, 11) is 0. The Morgan fingerprint density at radius 2 is 1.80 bits per heavy atom. The molecule has 1 spiro atoms. The zero-order valence-corrected chi connectivity index (χ0v) is 23.5. The molecule has 8 heteroatoms. The molecule has 4 heterocycles. The van der Waals surface area contributed by atoms with Crippen LogP contribution in [-0.4, -0.2) is 57.6 Å². The predicted molar refractivity (Wildman–Crippen MR) is 156 cm³/mol. The number of nitrogens with one attached hydrogen (secondary N) is 1. The molecule has 3 amide bonds. The normalized spacial score (nSPS) is 26.2. The standard InChI is InChI=1S/C33H37N5O3/c39-29-8-7-28(31(40)35-29)38-27-6-5-22(25-3-1-4-26(30(25)27)32(38)41)17-21-19-34-37(20-21)23-10-15-36(16-11-23)24-9-14-33(18-24)12-2-13-33/h1,3-6,19-20,23-24,28H,2,7-18H2,(H,35,39,40)/t24-,28?/m0/s1. The molecule has 0 bridgehead atoms. The van der Waals surface area contributed by atoms with Gasteiger partial charge < -0.3 is 4.90 Å². The lowest BCUT2D eigenvalue weighted by Crippen LogP contribution is -2.53. The van der Waals surface area contributed by atoms with E-state index in [9.17, 15) is 14.4 Å². The first kappa shape index (κ1) is 25.2. The highest BCUT2D eigenvalue weighted by Gasteiger charge is 2.45. The molecule has 0 radical (unpaired) electrons. The molecule has 3 aliphatic heterocycles. The second kappa shape index (κ2) is 9.51. The number of benzene rings is 2. The first-order valence-corrected chi connectivity index (χ1v) is 15.5. The molecule has 2 saturated carbocycles. The van der Waals surface area contributed by atoms with E-state index in [1.165, 1.54) is 57.2 Å². The van der Waals surface area contributed by atoms with Crippen LogP contribution in [0.2, 0.25) is 0 Å². The van der Waals surface area contributed by atoms with Gasteiger partial charge >= 0.3 is 0 Å². The lowest BCUT2D eigenvalue weighted by molar-refractivity contribution is -0.134. The van der Waals surface area contributed by atoms with Crippen LogP contribution < -0.4 is 10.2 Å². The van der Waals surface area contributed by atoms with Crippen LogP contribution >= 0.6 is 0 Å². The van der Waals surface area contributed by atoms with Gasteiger partial charge in [-0.15, -0.1) is 0 Å². The zero-order valence-electron chi connectivity index (χ0n) is 23.5. The highest BCUT2D eigenvalue weighted by molar-refractivity contribution is 6.27. The zero-order chi connectivity index (χ0) is 27.7. The molecule has 2 aromatic carbocycles. The van der Waals surface area contributed by atoms with Gasteiger partial charge in [-0.25, -0.2) is 0 Å². The molecular formula is C33H37N5O3. The van der Waals surface area contributed by atoms with Gasteiger partial charge in [0.25, 0.3) is 5.91 Å². The van der Waals surface area contributed by atoms with Gasteiger partial charge in [0.1, 0.15) is 6.04 Å². The van der Waals surface area contributed by atoms with Gasteiger partial charge in [0.05, 0.1) is 17.9 Å². The minimum Gasteiger partial charge on any atom is -0.300 e. The lowest BCUT2D eigenvalue weighted by Gasteiger charge is -2.41. The van der Waals surface area contributed by atoms with Crippen molar-refractivity contribution < 1.29 is 14.4 Å². The van der Waals surface area contributed by atoms with Gasteiger partial charge in [0.15, 0.2) is 0 Å². The number of hydrogen-bond acceptors (Lipinski definition) is 5. The third kappa shape index (κ3) is 4.13. The van der Waals surface area contributed by atoms with E-state index in [-0.39, 0.29) is 18.2 Å². The third-order valence-electron chi connectivity index (χ3n) is 10.9. The van der Waals surface area contributed by atoms with Crippen molar-refractivity contribution in [3.05, 3.63) is 59.4 Å². The van der Waals surface area contributed by atoms with Gasteiger partial charge in [0, 0.05) is 49.1 Å². The topological polar surface area (TPSA) is 87.5 Å². The summed E-state index contributed by atoms with van der Waals surface area (Å²) in [5, 5.41) is 9.13. The van der Waals surface area contributed by atoms with Gasteiger partial charge in [-0.2, -0.15) is 5.10 Å². The molecule has 1 aromatic heterocycles. The van der Waals surface area contributed by atoms with Crippen molar-refractivity contribution in [1.29, 1.82) is 0 Å². The predicted octanol–water partition coefficient (Wildman–Crippen LogP) is 4.75. The van der Waals surface area contributed by atoms with E-state index < -0.39 is 11.9 Å². The van der Waals surface area contributed by atoms with Gasteiger partial charge in [-0.05, 0) is 85.4 Å². The van der Waals surface area contributed by atoms with Crippen molar-refractivity contribution in [3.63, 3.8) is 0 Å². The van der Waals surface area contributed by atoms with E-state index in [0.29, 0.717) is 23.4 Å². The summed E-state index contributed by atoms with van der Waals surface area (Å²) in [5.74, 6) is -0.849. The van der Waals surface area contributed by atoms with Crippen LogP contribution in [0.15, 0.2) is 42.7 Å². The van der Waals surface area contributed by atoms with E-state index in [1.54, 1.807) is 4.90 Å². The van der Waals surface area contributed by atoms with Crippen LogP contribution in [0.5, 0.6) is 0 Å². The second-order valence-electron chi connectivity index (χ2n) is 13.1. The monoisotopic (exact) mass is 551 g/mol. The Balaban J connectivity index is 0.981. The maximum atomic E-state index is 13.5.